The molecule has 1 heterocycles. The van der Waals surface area contributed by atoms with Crippen LogP contribution in [-0.2, 0) is 11.4 Å². The van der Waals surface area contributed by atoms with Gasteiger partial charge in [0, 0.05) is 0 Å². The fourth-order valence-corrected chi connectivity index (χ4v) is 4.36. The van der Waals surface area contributed by atoms with E-state index in [0.29, 0.717) is 21.6 Å². The average Bonchev–Trinajstić information content (AvgIpc) is 3.18. The summed E-state index contributed by atoms with van der Waals surface area (Å²) in [5.41, 5.74) is 4.72. The Morgan fingerprint density at radius 2 is 1.91 bits per heavy atom. The number of nitrogens with zero attached hydrogens (tertiary/aromatic N) is 1. The van der Waals surface area contributed by atoms with Gasteiger partial charge in [0.15, 0.2) is 16.7 Å². The molecule has 0 radical (unpaired) electrons. The highest BCUT2D eigenvalue weighted by Crippen LogP contribution is 2.33. The van der Waals surface area contributed by atoms with Gasteiger partial charge in [0.25, 0.3) is 5.91 Å². The molecule has 1 aliphatic heterocycles. The van der Waals surface area contributed by atoms with E-state index in [-0.39, 0.29) is 18.1 Å². The minimum absolute atomic E-state index is 0.189. The number of carboxylic acid groups (broad SMARTS) is 1. The van der Waals surface area contributed by atoms with Gasteiger partial charge in [0.1, 0.15) is 6.61 Å². The third-order valence-corrected chi connectivity index (χ3v) is 6.19. The molecule has 178 valence electrons. The number of benzene rings is 3. The maximum atomic E-state index is 12.5. The summed E-state index contributed by atoms with van der Waals surface area (Å²) in [5, 5.41) is 12.5. The van der Waals surface area contributed by atoms with Crippen molar-refractivity contribution in [2.75, 3.05) is 7.11 Å². The van der Waals surface area contributed by atoms with E-state index in [1.54, 1.807) is 36.4 Å². The molecule has 0 bridgehead atoms. The lowest BCUT2D eigenvalue weighted by atomic mass is 10.1. The number of carbonyl (C=O) groups is 2. The second kappa shape index (κ2) is 10.5. The molecule has 1 fully saturated rings. The number of methoxy groups -OCH3 is 1. The van der Waals surface area contributed by atoms with Crippen LogP contribution in [0.4, 0.5) is 5.69 Å². The van der Waals surface area contributed by atoms with E-state index in [2.05, 4.69) is 16.4 Å². The Hall–Kier alpha value is -4.04. The number of aliphatic imine (C=N–C) groups is 1. The van der Waals surface area contributed by atoms with Gasteiger partial charge in [-0.2, -0.15) is 0 Å². The maximum absolute atomic E-state index is 12.5. The van der Waals surface area contributed by atoms with Crippen LogP contribution < -0.4 is 14.8 Å². The first kappa shape index (κ1) is 24.1. The Morgan fingerprint density at radius 3 is 2.66 bits per heavy atom. The first-order valence-corrected chi connectivity index (χ1v) is 11.6. The van der Waals surface area contributed by atoms with E-state index in [1.165, 1.54) is 24.9 Å². The number of carboxylic acids is 1. The Morgan fingerprint density at radius 1 is 1.09 bits per heavy atom. The van der Waals surface area contributed by atoms with Crippen LogP contribution >= 0.6 is 11.8 Å². The van der Waals surface area contributed by atoms with Crippen molar-refractivity contribution in [3.05, 3.63) is 93.4 Å². The molecule has 8 heteroatoms. The molecule has 4 rings (SSSR count). The first-order valence-electron chi connectivity index (χ1n) is 10.8. The van der Waals surface area contributed by atoms with Gasteiger partial charge in [0.2, 0.25) is 0 Å². The zero-order valence-corrected chi connectivity index (χ0v) is 20.3. The summed E-state index contributed by atoms with van der Waals surface area (Å²) < 4.78 is 11.3. The minimum Gasteiger partial charge on any atom is -0.493 e. The predicted molar refractivity (Wildman–Crippen MR) is 137 cm³/mol. The van der Waals surface area contributed by atoms with E-state index >= 15 is 0 Å². The number of ether oxygens (including phenoxy) is 2. The number of rotatable bonds is 7. The molecule has 3 aromatic rings. The Balaban J connectivity index is 1.49. The standard InChI is InChI=1S/C27H24N2O5S/c1-16-7-9-21(17(2)11-16)28-27-29-25(30)24(35-27)14-18-8-10-22(23(13-18)33-3)34-15-19-5-4-6-20(12-19)26(31)32/h4-14H,15H2,1-3H3,(H,31,32)(H,28,29,30)/b24-14-. The van der Waals surface area contributed by atoms with Gasteiger partial charge >= 0.3 is 5.97 Å². The molecule has 35 heavy (non-hydrogen) atoms. The number of nitrogens with one attached hydrogen (secondary N) is 1. The van der Waals surface area contributed by atoms with Gasteiger partial charge in [-0.25, -0.2) is 9.79 Å². The second-order valence-corrected chi connectivity index (χ2v) is 9.01. The topological polar surface area (TPSA) is 97.2 Å². The summed E-state index contributed by atoms with van der Waals surface area (Å²) in [6.07, 6.45) is 1.77. The molecule has 7 nitrogen and oxygen atoms in total. The second-order valence-electron chi connectivity index (χ2n) is 7.98. The van der Waals surface area contributed by atoms with Crippen LogP contribution in [0.15, 0.2) is 70.6 Å². The zero-order valence-electron chi connectivity index (χ0n) is 19.5. The largest absolute Gasteiger partial charge is 0.493 e. The van der Waals surface area contributed by atoms with Crippen molar-refractivity contribution in [1.29, 1.82) is 0 Å². The van der Waals surface area contributed by atoms with Crippen LogP contribution in [0.2, 0.25) is 0 Å². The van der Waals surface area contributed by atoms with Gasteiger partial charge in [-0.05, 0) is 78.7 Å². The van der Waals surface area contributed by atoms with E-state index < -0.39 is 5.97 Å². The van der Waals surface area contributed by atoms with Crippen LogP contribution in [0, 0.1) is 13.8 Å². The summed E-state index contributed by atoms with van der Waals surface area (Å²) in [5.74, 6) is -0.189. The normalized spacial score (nSPS) is 15.3. The molecule has 0 aliphatic carbocycles. The van der Waals surface area contributed by atoms with Crippen LogP contribution in [0.1, 0.15) is 32.6 Å². The average molecular weight is 489 g/mol. The smallest absolute Gasteiger partial charge is 0.335 e. The van der Waals surface area contributed by atoms with Gasteiger partial charge in [-0.3, -0.25) is 4.79 Å². The number of aromatic carboxylic acids is 1. The Labute approximate surface area is 207 Å². The molecule has 0 unspecified atom stereocenters. The minimum atomic E-state index is -0.988. The Kier molecular flexibility index (Phi) is 7.22. The quantitative estimate of drug-likeness (QED) is 0.428. The molecule has 0 aromatic heterocycles. The van der Waals surface area contributed by atoms with Crippen molar-refractivity contribution in [3.8, 4) is 11.5 Å². The first-order chi connectivity index (χ1) is 16.8. The lowest BCUT2D eigenvalue weighted by Crippen LogP contribution is -2.19. The predicted octanol–water partition coefficient (Wildman–Crippen LogP) is 5.48. The van der Waals surface area contributed by atoms with Crippen molar-refractivity contribution in [2.45, 2.75) is 20.5 Å². The third-order valence-electron chi connectivity index (χ3n) is 5.28. The van der Waals surface area contributed by atoms with E-state index in [9.17, 15) is 9.59 Å². The van der Waals surface area contributed by atoms with Crippen LogP contribution in [0.25, 0.3) is 6.08 Å². The summed E-state index contributed by atoms with van der Waals surface area (Å²) >= 11 is 1.28. The van der Waals surface area contributed by atoms with Crippen molar-refractivity contribution in [1.82, 2.24) is 5.32 Å². The van der Waals surface area contributed by atoms with Crippen LogP contribution in [0.5, 0.6) is 11.5 Å². The van der Waals surface area contributed by atoms with Crippen molar-refractivity contribution in [3.63, 3.8) is 0 Å². The highest BCUT2D eigenvalue weighted by molar-refractivity contribution is 8.18. The zero-order chi connectivity index (χ0) is 24.9. The molecule has 3 aromatic carbocycles. The van der Waals surface area contributed by atoms with Crippen molar-refractivity contribution < 1.29 is 24.2 Å². The van der Waals surface area contributed by atoms with Crippen LogP contribution in [-0.4, -0.2) is 29.3 Å². The van der Waals surface area contributed by atoms with Crippen molar-refractivity contribution in [2.24, 2.45) is 4.99 Å². The molecule has 1 amide bonds. The fourth-order valence-electron chi connectivity index (χ4n) is 3.52. The van der Waals surface area contributed by atoms with Crippen LogP contribution in [0.3, 0.4) is 0 Å². The van der Waals surface area contributed by atoms with E-state index in [1.807, 2.05) is 32.0 Å². The molecule has 0 spiro atoms. The van der Waals surface area contributed by atoms with E-state index in [4.69, 9.17) is 14.6 Å². The molecular formula is C27H24N2O5S. The summed E-state index contributed by atoms with van der Waals surface area (Å²) in [7, 11) is 1.54. The fraction of sp³-hybridized carbons (Fsp3) is 0.148. The SMILES string of the molecule is COc1cc(/C=C2\SC(=Nc3ccc(C)cc3C)NC2=O)ccc1OCc1cccc(C(=O)O)c1. The number of amidine groups is 1. The molecule has 0 saturated carbocycles. The highest BCUT2D eigenvalue weighted by Gasteiger charge is 2.24. The Bertz CT molecular complexity index is 1360. The number of aryl methyl sites for hydroxylation is 2. The van der Waals surface area contributed by atoms with Gasteiger partial charge < -0.3 is 19.9 Å². The summed E-state index contributed by atoms with van der Waals surface area (Å²) in [6.45, 7) is 4.20. The van der Waals surface area contributed by atoms with E-state index in [0.717, 1.165) is 27.9 Å². The highest BCUT2D eigenvalue weighted by atomic mass is 32.2. The van der Waals surface area contributed by atoms with Gasteiger partial charge in [-0.15, -0.1) is 0 Å². The lowest BCUT2D eigenvalue weighted by Gasteiger charge is -2.12. The van der Waals surface area contributed by atoms with Crippen molar-refractivity contribution >= 4 is 40.6 Å². The van der Waals surface area contributed by atoms with Gasteiger partial charge in [-0.1, -0.05) is 35.9 Å². The molecule has 0 atom stereocenters. The molecular weight excluding hydrogens is 464 g/mol. The summed E-state index contributed by atoms with van der Waals surface area (Å²) in [4.78, 5) is 28.8. The number of amides is 1. The number of hydrogen-bond acceptors (Lipinski definition) is 6. The molecule has 2 N–H and O–H groups in total. The lowest BCUT2D eigenvalue weighted by molar-refractivity contribution is -0.115. The van der Waals surface area contributed by atoms with Gasteiger partial charge in [0.05, 0.1) is 23.3 Å². The molecule has 1 aliphatic rings. The monoisotopic (exact) mass is 488 g/mol. The third kappa shape index (κ3) is 5.91. The number of hydrogen-bond donors (Lipinski definition) is 2. The summed E-state index contributed by atoms with van der Waals surface area (Å²) in [6, 6.07) is 17.9. The maximum Gasteiger partial charge on any atom is 0.335 e. The number of carbonyl (C=O) groups excluding carboxylic acids is 1. The molecule has 1 saturated heterocycles. The number of thioether (sulfide) groups is 1.